The van der Waals surface area contributed by atoms with Gasteiger partial charge in [0.25, 0.3) is 0 Å². The normalized spacial score (nSPS) is 17.7. The van der Waals surface area contributed by atoms with Gasteiger partial charge in [0.05, 0.1) is 7.05 Å². The highest BCUT2D eigenvalue weighted by atomic mass is 16.6. The fraction of sp³-hybridized carbons (Fsp3) is 0.652. The molecule has 1 spiro atoms. The highest BCUT2D eigenvalue weighted by molar-refractivity contribution is 5.79. The summed E-state index contributed by atoms with van der Waals surface area (Å²) >= 11 is 0. The molecule has 2 aliphatic rings. The Bertz CT molecular complexity index is 1060. The van der Waals surface area contributed by atoms with Crippen molar-refractivity contribution in [1.29, 1.82) is 0 Å². The molecule has 2 saturated carbocycles. The van der Waals surface area contributed by atoms with E-state index >= 15 is 0 Å². The van der Waals surface area contributed by atoms with Crippen molar-refractivity contribution in [1.82, 2.24) is 4.57 Å². The molecule has 0 saturated heterocycles. The van der Waals surface area contributed by atoms with Crippen LogP contribution in [0.4, 0.5) is 0 Å². The molecule has 0 atom stereocenters. The van der Waals surface area contributed by atoms with E-state index in [1.165, 1.54) is 36.3 Å². The van der Waals surface area contributed by atoms with Gasteiger partial charge in [0, 0.05) is 18.9 Å². The lowest BCUT2D eigenvalue weighted by atomic mass is 9.85. The molecule has 2 aliphatic carbocycles. The highest BCUT2D eigenvalue weighted by Gasteiger charge is 2.45. The summed E-state index contributed by atoms with van der Waals surface area (Å²) in [5.74, 6) is 0.646. The Hall–Kier alpha value is -2.44. The van der Waals surface area contributed by atoms with Crippen LogP contribution in [0.3, 0.4) is 0 Å². The van der Waals surface area contributed by atoms with Crippen LogP contribution in [0.5, 0.6) is 6.01 Å². The predicted molar refractivity (Wildman–Crippen MR) is 113 cm³/mol. The van der Waals surface area contributed by atoms with Gasteiger partial charge in [-0.3, -0.25) is 0 Å². The first-order valence-electron chi connectivity index (χ1n) is 11.2. The standard InChI is InChI=1S/C23H31N3O4/c1-15(2)6-4-5-7-16-14-18(27)29-20-19(16)21(28)26(3)22(24-20)30-25-17-8-10-23(11-9-17)12-13-23/h14-15H,4-13H2,1-3H3/p+2. The number of fused-ring (bicyclic) bond motifs is 1. The highest BCUT2D eigenvalue weighted by Crippen LogP contribution is 2.55. The summed E-state index contributed by atoms with van der Waals surface area (Å²) in [6, 6.07) is 1.67. The number of H-pyrrole nitrogens is 1. The SMILES string of the molecule is CC(C)CCCCc1cc(=O)oc2[nH+]c(O[NH+]=C3CCC4(CC3)CC4)n(C)c(=O)c12. The van der Waals surface area contributed by atoms with Crippen molar-refractivity contribution >= 4 is 16.8 Å². The second kappa shape index (κ2) is 8.36. The summed E-state index contributed by atoms with van der Waals surface area (Å²) < 4.78 is 6.74. The minimum absolute atomic E-state index is 0.173. The van der Waals surface area contributed by atoms with Crippen molar-refractivity contribution in [3.05, 3.63) is 32.4 Å². The van der Waals surface area contributed by atoms with Crippen molar-refractivity contribution in [2.24, 2.45) is 18.4 Å². The van der Waals surface area contributed by atoms with Crippen molar-refractivity contribution in [3.8, 4) is 6.01 Å². The monoisotopic (exact) mass is 415 g/mol. The van der Waals surface area contributed by atoms with Crippen molar-refractivity contribution in [2.75, 3.05) is 0 Å². The third kappa shape index (κ3) is 4.50. The zero-order valence-corrected chi connectivity index (χ0v) is 18.3. The molecule has 0 aliphatic heterocycles. The van der Waals surface area contributed by atoms with Gasteiger partial charge < -0.3 is 4.42 Å². The maximum absolute atomic E-state index is 13.0. The summed E-state index contributed by atoms with van der Waals surface area (Å²) in [7, 11) is 1.66. The van der Waals surface area contributed by atoms with E-state index in [-0.39, 0.29) is 17.3 Å². The van der Waals surface area contributed by atoms with Gasteiger partial charge in [-0.2, -0.15) is 9.55 Å². The molecular formula is C23H33N3O4+2. The van der Waals surface area contributed by atoms with E-state index in [1.54, 1.807) is 7.05 Å². The number of unbranched alkanes of at least 4 members (excludes halogenated alkanes) is 1. The third-order valence-corrected chi connectivity index (χ3v) is 6.73. The molecule has 0 unspecified atom stereocenters. The Kier molecular flexibility index (Phi) is 5.80. The summed E-state index contributed by atoms with van der Waals surface area (Å²) in [6.45, 7) is 4.39. The Labute approximate surface area is 176 Å². The van der Waals surface area contributed by atoms with E-state index in [4.69, 9.17) is 9.25 Å². The molecule has 2 N–H and O–H groups in total. The molecule has 2 fully saturated rings. The predicted octanol–water partition coefficient (Wildman–Crippen LogP) is 1.84. The summed E-state index contributed by atoms with van der Waals surface area (Å²) in [5, 5.41) is 3.45. The largest absolute Gasteiger partial charge is 0.521 e. The second-order valence-corrected chi connectivity index (χ2v) is 9.54. The van der Waals surface area contributed by atoms with E-state index < -0.39 is 5.63 Å². The minimum Gasteiger partial charge on any atom is -0.385 e. The number of aromatic amines is 1. The number of nitrogens with one attached hydrogen (secondary N) is 2. The van der Waals surface area contributed by atoms with Crippen LogP contribution in [-0.4, -0.2) is 10.3 Å². The fourth-order valence-electron chi connectivity index (χ4n) is 4.45. The van der Waals surface area contributed by atoms with Crippen molar-refractivity contribution in [3.63, 3.8) is 0 Å². The maximum Gasteiger partial charge on any atom is 0.521 e. The van der Waals surface area contributed by atoms with Gasteiger partial charge in [-0.15, -0.1) is 4.84 Å². The van der Waals surface area contributed by atoms with Gasteiger partial charge in [0.15, 0.2) is 5.39 Å². The summed E-state index contributed by atoms with van der Waals surface area (Å²) in [4.78, 5) is 33.8. The molecule has 7 heteroatoms. The minimum atomic E-state index is -0.457. The lowest BCUT2D eigenvalue weighted by Gasteiger charge is -2.18. The first-order valence-corrected chi connectivity index (χ1v) is 11.2. The van der Waals surface area contributed by atoms with Gasteiger partial charge >= 0.3 is 22.9 Å². The van der Waals surface area contributed by atoms with Crippen LogP contribution in [-0.2, 0) is 13.5 Å². The number of hydrogen-bond donors (Lipinski definition) is 1. The summed E-state index contributed by atoms with van der Waals surface area (Å²) in [5.41, 5.74) is 1.97. The molecule has 162 valence electrons. The van der Waals surface area contributed by atoms with Crippen LogP contribution in [0.2, 0.25) is 0 Å². The fourth-order valence-corrected chi connectivity index (χ4v) is 4.45. The quantitative estimate of drug-likeness (QED) is 0.552. The molecule has 0 aromatic carbocycles. The first kappa shape index (κ1) is 20.8. The molecule has 0 amide bonds. The lowest BCUT2D eigenvalue weighted by molar-refractivity contribution is -0.727. The van der Waals surface area contributed by atoms with Crippen LogP contribution in [0.25, 0.3) is 11.1 Å². The van der Waals surface area contributed by atoms with Crippen LogP contribution < -0.4 is 26.2 Å². The Morgan fingerprint density at radius 1 is 1.20 bits per heavy atom. The summed E-state index contributed by atoms with van der Waals surface area (Å²) in [6.07, 6.45) is 10.9. The molecule has 0 radical (unpaired) electrons. The molecule has 30 heavy (non-hydrogen) atoms. The number of nitrogens with zero attached hydrogens (tertiary/aromatic N) is 1. The third-order valence-electron chi connectivity index (χ3n) is 6.73. The second-order valence-electron chi connectivity index (χ2n) is 9.54. The number of aryl methyl sites for hydroxylation is 1. The average Bonchev–Trinajstić information content (AvgIpc) is 3.46. The zero-order valence-electron chi connectivity index (χ0n) is 18.3. The smallest absolute Gasteiger partial charge is 0.385 e. The van der Waals surface area contributed by atoms with Gasteiger partial charge in [-0.1, -0.05) is 26.7 Å². The van der Waals surface area contributed by atoms with Gasteiger partial charge in [0.1, 0.15) is 0 Å². The molecule has 7 nitrogen and oxygen atoms in total. The average molecular weight is 416 g/mol. The van der Waals surface area contributed by atoms with Gasteiger partial charge in [-0.25, -0.2) is 9.59 Å². The van der Waals surface area contributed by atoms with E-state index in [0.29, 0.717) is 23.1 Å². The Morgan fingerprint density at radius 3 is 2.60 bits per heavy atom. The maximum atomic E-state index is 13.0. The van der Waals surface area contributed by atoms with Gasteiger partial charge in [0.2, 0.25) is 5.71 Å². The molecule has 2 aromatic heterocycles. The molecule has 2 heterocycles. The number of rotatable bonds is 7. The van der Waals surface area contributed by atoms with E-state index in [2.05, 4.69) is 24.0 Å². The topological polar surface area (TPSA) is 89.5 Å². The Balaban J connectivity index is 1.56. The number of hydrogen-bond acceptors (Lipinski definition) is 4. The van der Waals surface area contributed by atoms with Crippen LogP contribution in [0.1, 0.15) is 77.2 Å². The number of aromatic nitrogens is 2. The Morgan fingerprint density at radius 2 is 1.93 bits per heavy atom. The van der Waals surface area contributed by atoms with Crippen molar-refractivity contribution in [2.45, 2.75) is 78.1 Å². The van der Waals surface area contributed by atoms with Crippen molar-refractivity contribution < 1.29 is 19.4 Å². The van der Waals surface area contributed by atoms with Crippen LogP contribution >= 0.6 is 0 Å². The molecule has 0 bridgehead atoms. The lowest BCUT2D eigenvalue weighted by Crippen LogP contribution is -2.77. The molecule has 4 rings (SSSR count). The molecular weight excluding hydrogens is 382 g/mol. The van der Waals surface area contributed by atoms with E-state index in [0.717, 1.165) is 43.4 Å². The molecule has 2 aromatic rings. The van der Waals surface area contributed by atoms with Crippen LogP contribution in [0.15, 0.2) is 20.1 Å². The van der Waals surface area contributed by atoms with Crippen LogP contribution in [0, 0.1) is 11.3 Å². The van der Waals surface area contributed by atoms with E-state index in [1.807, 2.05) is 0 Å². The first-order chi connectivity index (χ1) is 14.4. The van der Waals surface area contributed by atoms with E-state index in [9.17, 15) is 9.59 Å². The zero-order chi connectivity index (χ0) is 21.3. The van der Waals surface area contributed by atoms with Gasteiger partial charge in [-0.05, 0) is 60.6 Å².